The van der Waals surface area contributed by atoms with Gasteiger partial charge < -0.3 is 24.6 Å². The van der Waals surface area contributed by atoms with Crippen LogP contribution in [0.2, 0.25) is 0 Å². The zero-order valence-electron chi connectivity index (χ0n) is 16.0. The number of hydrogen-bond donors (Lipinski definition) is 2. The number of likely N-dealkylation sites (N-methyl/N-ethyl adjacent to an activating group) is 1. The number of amides is 3. The lowest BCUT2D eigenvalue weighted by molar-refractivity contribution is -0.117. The fourth-order valence-electron chi connectivity index (χ4n) is 3.33. The molecule has 1 atom stereocenters. The molecule has 2 heterocycles. The molecule has 9 nitrogen and oxygen atoms in total. The molecule has 2 saturated heterocycles. The molecular formula is C18H27N5O4. The number of nitrogens with one attached hydrogen (secondary N) is 2. The molecule has 0 aliphatic carbocycles. The first-order valence-corrected chi connectivity index (χ1v) is 9.03. The summed E-state index contributed by atoms with van der Waals surface area (Å²) < 4.78 is 10.5. The SMILES string of the molecule is COc1ccc(N2CC(NC(=O)NN3CCN(C)CC3)CC2=O)cc1OC. The molecule has 1 unspecified atom stereocenters. The monoisotopic (exact) mass is 377 g/mol. The number of urea groups is 1. The predicted molar refractivity (Wildman–Crippen MR) is 101 cm³/mol. The summed E-state index contributed by atoms with van der Waals surface area (Å²) in [5.74, 6) is 1.13. The Balaban J connectivity index is 1.56. The molecule has 0 bridgehead atoms. The third-order valence-electron chi connectivity index (χ3n) is 4.90. The largest absolute Gasteiger partial charge is 0.493 e. The number of carbonyl (C=O) groups is 2. The molecular weight excluding hydrogens is 350 g/mol. The number of anilines is 1. The van der Waals surface area contributed by atoms with Gasteiger partial charge in [0.25, 0.3) is 0 Å². The molecule has 3 rings (SSSR count). The predicted octanol–water partition coefficient (Wildman–Crippen LogP) is 0.271. The molecule has 2 N–H and O–H groups in total. The number of piperazine rings is 1. The van der Waals surface area contributed by atoms with E-state index >= 15 is 0 Å². The Kier molecular flexibility index (Phi) is 6.02. The average Bonchev–Trinajstić information content (AvgIpc) is 3.02. The molecule has 2 aliphatic heterocycles. The topological polar surface area (TPSA) is 86.4 Å². The minimum Gasteiger partial charge on any atom is -0.493 e. The number of carbonyl (C=O) groups excluding carboxylic acids is 2. The lowest BCUT2D eigenvalue weighted by Crippen LogP contribution is -2.56. The summed E-state index contributed by atoms with van der Waals surface area (Å²) in [6.45, 7) is 3.81. The maximum Gasteiger partial charge on any atom is 0.329 e. The molecule has 3 amide bonds. The summed E-state index contributed by atoms with van der Waals surface area (Å²) in [4.78, 5) is 28.5. The van der Waals surface area contributed by atoms with Crippen LogP contribution in [0.15, 0.2) is 18.2 Å². The van der Waals surface area contributed by atoms with E-state index in [4.69, 9.17) is 9.47 Å². The van der Waals surface area contributed by atoms with Crippen molar-refractivity contribution in [2.24, 2.45) is 0 Å². The van der Waals surface area contributed by atoms with Crippen LogP contribution in [-0.2, 0) is 4.79 Å². The zero-order chi connectivity index (χ0) is 19.4. The third-order valence-corrected chi connectivity index (χ3v) is 4.90. The van der Waals surface area contributed by atoms with Gasteiger partial charge in [-0.1, -0.05) is 0 Å². The maximum atomic E-state index is 12.4. The van der Waals surface area contributed by atoms with Crippen LogP contribution >= 0.6 is 0 Å². The molecule has 0 saturated carbocycles. The maximum absolute atomic E-state index is 12.4. The van der Waals surface area contributed by atoms with Crippen molar-refractivity contribution in [2.75, 3.05) is 58.9 Å². The first-order chi connectivity index (χ1) is 13.0. The van der Waals surface area contributed by atoms with Gasteiger partial charge in [-0.15, -0.1) is 0 Å². The number of hydrogen-bond acceptors (Lipinski definition) is 6. The first-order valence-electron chi connectivity index (χ1n) is 9.03. The van der Waals surface area contributed by atoms with E-state index in [1.165, 1.54) is 0 Å². The minimum atomic E-state index is -0.272. The molecule has 9 heteroatoms. The summed E-state index contributed by atoms with van der Waals surface area (Å²) in [6, 6.07) is 4.84. The van der Waals surface area contributed by atoms with Crippen LogP contribution in [0, 0.1) is 0 Å². The van der Waals surface area contributed by atoms with Crippen molar-refractivity contribution < 1.29 is 19.1 Å². The van der Waals surface area contributed by atoms with Crippen molar-refractivity contribution in [2.45, 2.75) is 12.5 Å². The van der Waals surface area contributed by atoms with Gasteiger partial charge in [-0.05, 0) is 19.2 Å². The lowest BCUT2D eigenvalue weighted by Gasteiger charge is -2.32. The molecule has 0 radical (unpaired) electrons. The summed E-state index contributed by atoms with van der Waals surface area (Å²) in [5.41, 5.74) is 3.58. The van der Waals surface area contributed by atoms with Gasteiger partial charge in [0, 0.05) is 50.9 Å². The standard InChI is InChI=1S/C18H27N5O4/c1-21-6-8-22(9-7-21)20-18(25)19-13-10-17(24)23(12-13)14-4-5-15(26-2)16(11-14)27-3/h4-5,11,13H,6-10,12H2,1-3H3,(H2,19,20,25). The summed E-state index contributed by atoms with van der Waals surface area (Å²) >= 11 is 0. The minimum absolute atomic E-state index is 0.0351. The highest BCUT2D eigenvalue weighted by Crippen LogP contribution is 2.33. The van der Waals surface area contributed by atoms with Crippen LogP contribution in [0.1, 0.15) is 6.42 Å². The molecule has 148 valence electrons. The van der Waals surface area contributed by atoms with Gasteiger partial charge >= 0.3 is 6.03 Å². The van der Waals surface area contributed by atoms with Crippen molar-refractivity contribution in [1.29, 1.82) is 0 Å². The number of methoxy groups -OCH3 is 2. The van der Waals surface area contributed by atoms with E-state index in [9.17, 15) is 9.59 Å². The number of hydrazine groups is 1. The van der Waals surface area contributed by atoms with E-state index in [1.807, 2.05) is 11.1 Å². The van der Waals surface area contributed by atoms with Crippen LogP contribution < -0.4 is 25.1 Å². The van der Waals surface area contributed by atoms with Gasteiger partial charge in [-0.2, -0.15) is 0 Å². The van der Waals surface area contributed by atoms with Crippen LogP contribution in [-0.4, -0.2) is 81.9 Å². The Labute approximate surface area is 159 Å². The van der Waals surface area contributed by atoms with Gasteiger partial charge in [0.1, 0.15) is 0 Å². The average molecular weight is 377 g/mol. The molecule has 0 spiro atoms. The van der Waals surface area contributed by atoms with Crippen molar-refractivity contribution >= 4 is 17.6 Å². The van der Waals surface area contributed by atoms with Crippen LogP contribution in [0.3, 0.4) is 0 Å². The van der Waals surface area contributed by atoms with E-state index in [2.05, 4.69) is 22.7 Å². The second-order valence-corrected chi connectivity index (χ2v) is 6.82. The zero-order valence-corrected chi connectivity index (χ0v) is 16.0. The van der Waals surface area contributed by atoms with Crippen LogP contribution in [0.4, 0.5) is 10.5 Å². The fourth-order valence-corrected chi connectivity index (χ4v) is 3.33. The molecule has 1 aromatic rings. The number of ether oxygens (including phenoxy) is 2. The van der Waals surface area contributed by atoms with Gasteiger partial charge in [0.2, 0.25) is 5.91 Å². The van der Waals surface area contributed by atoms with Gasteiger partial charge in [-0.25, -0.2) is 9.80 Å². The van der Waals surface area contributed by atoms with Gasteiger partial charge in [0.05, 0.1) is 20.3 Å². The Morgan fingerprint density at radius 1 is 1.11 bits per heavy atom. The Morgan fingerprint density at radius 3 is 2.48 bits per heavy atom. The quantitative estimate of drug-likeness (QED) is 0.766. The smallest absolute Gasteiger partial charge is 0.329 e. The lowest BCUT2D eigenvalue weighted by atomic mass is 10.2. The van der Waals surface area contributed by atoms with Crippen molar-refractivity contribution in [3.05, 3.63) is 18.2 Å². The second kappa shape index (κ2) is 8.45. The molecule has 2 fully saturated rings. The van der Waals surface area contributed by atoms with E-state index < -0.39 is 0 Å². The summed E-state index contributed by atoms with van der Waals surface area (Å²) in [7, 11) is 5.18. The van der Waals surface area contributed by atoms with Crippen molar-refractivity contribution in [3.8, 4) is 11.5 Å². The Bertz CT molecular complexity index is 690. The Morgan fingerprint density at radius 2 is 1.81 bits per heavy atom. The number of benzene rings is 1. The van der Waals surface area contributed by atoms with Gasteiger partial charge in [0.15, 0.2) is 11.5 Å². The van der Waals surface area contributed by atoms with Crippen LogP contribution in [0.25, 0.3) is 0 Å². The first kappa shape index (κ1) is 19.2. The number of nitrogens with zero attached hydrogens (tertiary/aromatic N) is 3. The summed E-state index contributed by atoms with van der Waals surface area (Å²) in [6.07, 6.45) is 0.268. The molecule has 1 aromatic carbocycles. The van der Waals surface area contributed by atoms with E-state index in [0.717, 1.165) is 31.9 Å². The fraction of sp³-hybridized carbons (Fsp3) is 0.556. The van der Waals surface area contributed by atoms with Gasteiger partial charge in [-0.3, -0.25) is 10.2 Å². The molecule has 0 aromatic heterocycles. The van der Waals surface area contributed by atoms with Crippen molar-refractivity contribution in [3.63, 3.8) is 0 Å². The van der Waals surface area contributed by atoms with E-state index in [-0.39, 0.29) is 24.4 Å². The van der Waals surface area contributed by atoms with E-state index in [0.29, 0.717) is 18.0 Å². The third kappa shape index (κ3) is 4.61. The normalized spacial score (nSPS) is 21.2. The van der Waals surface area contributed by atoms with E-state index in [1.54, 1.807) is 31.3 Å². The highest BCUT2D eigenvalue weighted by atomic mass is 16.5. The van der Waals surface area contributed by atoms with Crippen molar-refractivity contribution in [1.82, 2.24) is 20.7 Å². The number of rotatable bonds is 5. The van der Waals surface area contributed by atoms with Crippen LogP contribution in [0.5, 0.6) is 11.5 Å². The Hall–Kier alpha value is -2.52. The molecule has 2 aliphatic rings. The summed E-state index contributed by atoms with van der Waals surface area (Å²) in [5, 5.41) is 4.80. The highest BCUT2D eigenvalue weighted by molar-refractivity contribution is 5.97. The highest BCUT2D eigenvalue weighted by Gasteiger charge is 2.32. The molecule has 27 heavy (non-hydrogen) atoms. The second-order valence-electron chi connectivity index (χ2n) is 6.82.